The summed E-state index contributed by atoms with van der Waals surface area (Å²) < 4.78 is 15.2. The second kappa shape index (κ2) is 19.4. The Labute approximate surface area is 549 Å². The Hall–Kier alpha value is -10.7. The van der Waals surface area contributed by atoms with Gasteiger partial charge in [-0.25, -0.2) is 0 Å². The minimum Gasteiger partial charge on any atom is -0.458 e. The summed E-state index contributed by atoms with van der Waals surface area (Å²) in [6.07, 6.45) is 0.693. The molecule has 0 bridgehead atoms. The van der Waals surface area contributed by atoms with E-state index in [9.17, 15) is 0 Å². The van der Waals surface area contributed by atoms with E-state index in [1.165, 1.54) is 117 Å². The van der Waals surface area contributed by atoms with Gasteiger partial charge >= 0.3 is 0 Å². The van der Waals surface area contributed by atoms with Crippen molar-refractivity contribution in [3.8, 4) is 33.4 Å². The van der Waals surface area contributed by atoms with Crippen molar-refractivity contribution in [2.45, 2.75) is 89.5 Å². The number of hydrogen-bond donors (Lipinski definition) is 0. The van der Waals surface area contributed by atoms with Crippen molar-refractivity contribution in [3.63, 3.8) is 0 Å². The Morgan fingerprint density at radius 1 is 0.372 bits per heavy atom. The monoisotopic (exact) mass is 1210 g/mol. The molecular weight excluding hydrogens is 1140 g/mol. The quantitative estimate of drug-likeness (QED) is 0.166. The molecule has 14 aromatic rings. The zero-order valence-corrected chi connectivity index (χ0v) is 54.3. The third-order valence-corrected chi connectivity index (χ3v) is 22.1. The van der Waals surface area contributed by atoms with Crippen molar-refractivity contribution in [2.24, 2.45) is 0 Å². The number of aryl methyl sites for hydroxylation is 2. The fourth-order valence-corrected chi connectivity index (χ4v) is 17.9. The van der Waals surface area contributed by atoms with Crippen LogP contribution in [0, 0.1) is 13.8 Å². The van der Waals surface area contributed by atoms with Crippen molar-refractivity contribution < 1.29 is 8.83 Å². The van der Waals surface area contributed by atoms with Crippen LogP contribution in [0.25, 0.3) is 71.9 Å². The van der Waals surface area contributed by atoms with Gasteiger partial charge in [-0.2, -0.15) is 0 Å². The van der Waals surface area contributed by atoms with Gasteiger partial charge in [-0.05, 0) is 209 Å². The van der Waals surface area contributed by atoms with E-state index >= 15 is 0 Å². The molecule has 452 valence electrons. The number of fused-ring (bicyclic) bond motifs is 27. The lowest BCUT2D eigenvalue weighted by Crippen LogP contribution is -2.33. The Morgan fingerprint density at radius 3 is 1.39 bits per heavy atom. The first-order valence-electron chi connectivity index (χ1n) is 33.5. The number of para-hydroxylation sites is 4. The van der Waals surface area contributed by atoms with E-state index in [1.807, 2.05) is 0 Å². The van der Waals surface area contributed by atoms with Crippen LogP contribution in [0.5, 0.6) is 0 Å². The van der Waals surface area contributed by atoms with Gasteiger partial charge < -0.3 is 18.6 Å². The molecule has 0 aliphatic heterocycles. The van der Waals surface area contributed by atoms with Gasteiger partial charge in [0.25, 0.3) is 0 Å². The highest BCUT2D eigenvalue weighted by atomic mass is 16.3. The van der Waals surface area contributed by atoms with Crippen LogP contribution >= 0.6 is 0 Å². The van der Waals surface area contributed by atoms with Gasteiger partial charge in [-0.3, -0.25) is 0 Å². The molecule has 1 unspecified atom stereocenters. The largest absolute Gasteiger partial charge is 0.458 e. The van der Waals surface area contributed by atoms with E-state index < -0.39 is 10.8 Å². The van der Waals surface area contributed by atoms with E-state index in [2.05, 4.69) is 326 Å². The molecular formula is C90H70N2O2. The average molecular weight is 1210 g/mol. The van der Waals surface area contributed by atoms with E-state index in [-0.39, 0.29) is 16.9 Å². The maximum atomic E-state index is 7.62. The molecule has 5 aliphatic carbocycles. The lowest BCUT2D eigenvalue weighted by Gasteiger charge is -2.40. The lowest BCUT2D eigenvalue weighted by atomic mass is 9.66. The molecule has 2 spiro atoms. The second-order valence-electron chi connectivity index (χ2n) is 29.0. The Morgan fingerprint density at radius 2 is 0.830 bits per heavy atom. The SMILES string of the molecule is Cc1ccccc1N(c1ccc(C(C)(C)C)cc1)c1cc2c(c3c1oc1ccccc13)-c1cc3c(cc1C21c2ccccc2-c2ccccc21)C1=C(CC(N(c2ccc(C(C)(C)C)cc2)c2ccccc2C)c2oc4ccccc4c21)C31c2ccccc2-c2ccccc21. The van der Waals surface area contributed by atoms with Gasteiger partial charge in [0.15, 0.2) is 5.58 Å². The minimum atomic E-state index is -0.775. The molecule has 5 aliphatic rings. The van der Waals surface area contributed by atoms with Crippen molar-refractivity contribution in [3.05, 3.63) is 345 Å². The third-order valence-electron chi connectivity index (χ3n) is 22.1. The Bertz CT molecular complexity index is 5510. The predicted octanol–water partition coefficient (Wildman–Crippen LogP) is 23.8. The highest BCUT2D eigenvalue weighted by Crippen LogP contribution is 2.72. The predicted molar refractivity (Wildman–Crippen MR) is 388 cm³/mol. The summed E-state index contributed by atoms with van der Waals surface area (Å²) in [5, 5.41) is 3.35. The topological polar surface area (TPSA) is 32.8 Å². The van der Waals surface area contributed by atoms with Gasteiger partial charge in [-0.1, -0.05) is 236 Å². The fourth-order valence-electron chi connectivity index (χ4n) is 17.9. The normalized spacial score (nSPS) is 15.6. The molecule has 0 saturated carbocycles. The van der Waals surface area contributed by atoms with Crippen LogP contribution in [0.3, 0.4) is 0 Å². The van der Waals surface area contributed by atoms with Gasteiger partial charge in [0, 0.05) is 44.5 Å². The number of anilines is 5. The zero-order chi connectivity index (χ0) is 63.3. The molecule has 0 radical (unpaired) electrons. The molecule has 0 N–H and O–H groups in total. The highest BCUT2D eigenvalue weighted by Gasteiger charge is 2.60. The summed E-state index contributed by atoms with van der Waals surface area (Å²) in [5.41, 5.74) is 33.2. The van der Waals surface area contributed by atoms with Crippen molar-refractivity contribution >= 4 is 66.9 Å². The molecule has 94 heavy (non-hydrogen) atoms. The standard InChI is InChI=1S/C90H70N2O2/c1-53-25-9-21-37-75(53)91(57-45-41-55(42-46-57)87(3,4)5)77-51-73-81(83-63-31-15-23-39-79(63)93-85(77)83)65-49-72-66(50-71(65)89(73)67-33-17-11-27-59(67)60-28-12-18-34-68(60)89)82-74(90(72)69-35-19-13-29-61(69)62-30-14-20-36-70(62)90)52-78(86-84(82)64-32-16-24-40-80(64)94-86)92(76-38-22-10-26-54(76)2)58-47-43-56(44-48-58)88(6,7)8/h9-51,78H,52H2,1-8H3. The molecule has 2 heterocycles. The highest BCUT2D eigenvalue weighted by molar-refractivity contribution is 6.21. The van der Waals surface area contributed by atoms with E-state index in [1.54, 1.807) is 0 Å². The van der Waals surface area contributed by atoms with Crippen LogP contribution in [-0.2, 0) is 21.7 Å². The molecule has 12 aromatic carbocycles. The van der Waals surface area contributed by atoms with Gasteiger partial charge in [0.05, 0.1) is 22.6 Å². The van der Waals surface area contributed by atoms with Gasteiger partial charge in [0.1, 0.15) is 16.9 Å². The first-order valence-corrected chi connectivity index (χ1v) is 33.5. The molecule has 4 heteroatoms. The summed E-state index contributed by atoms with van der Waals surface area (Å²) in [6.45, 7) is 18.3. The summed E-state index contributed by atoms with van der Waals surface area (Å²) in [5.74, 6) is 0.990. The summed E-state index contributed by atoms with van der Waals surface area (Å²) >= 11 is 0. The smallest absolute Gasteiger partial charge is 0.160 e. The maximum Gasteiger partial charge on any atom is 0.160 e. The minimum absolute atomic E-state index is 0.0187. The van der Waals surface area contributed by atoms with Gasteiger partial charge in [0.2, 0.25) is 0 Å². The van der Waals surface area contributed by atoms with Crippen LogP contribution in [0.2, 0.25) is 0 Å². The molecule has 4 nitrogen and oxygen atoms in total. The summed E-state index contributed by atoms with van der Waals surface area (Å²) in [7, 11) is 0. The first kappa shape index (κ1) is 55.0. The van der Waals surface area contributed by atoms with Crippen molar-refractivity contribution in [1.29, 1.82) is 0 Å². The van der Waals surface area contributed by atoms with Crippen LogP contribution in [0.4, 0.5) is 28.4 Å². The number of benzene rings is 12. The summed E-state index contributed by atoms with van der Waals surface area (Å²) in [4.78, 5) is 5.10. The fraction of sp³-hybridized carbons (Fsp3) is 0.156. The van der Waals surface area contributed by atoms with E-state index in [0.29, 0.717) is 6.42 Å². The Balaban J connectivity index is 0.966. The second-order valence-corrected chi connectivity index (χ2v) is 29.0. The van der Waals surface area contributed by atoms with Gasteiger partial charge in [-0.15, -0.1) is 0 Å². The number of hydrogen-bond acceptors (Lipinski definition) is 4. The zero-order valence-electron chi connectivity index (χ0n) is 54.3. The van der Waals surface area contributed by atoms with E-state index in [4.69, 9.17) is 8.83 Å². The van der Waals surface area contributed by atoms with Crippen LogP contribution in [0.1, 0.15) is 132 Å². The number of nitrogens with zero attached hydrogens (tertiary/aromatic N) is 2. The average Bonchev–Trinajstić information content (AvgIpc) is 1.48. The molecule has 19 rings (SSSR count). The lowest BCUT2D eigenvalue weighted by molar-refractivity contribution is 0.473. The first-order chi connectivity index (χ1) is 45.7. The molecule has 1 atom stereocenters. The maximum absolute atomic E-state index is 7.62. The van der Waals surface area contributed by atoms with Crippen LogP contribution < -0.4 is 9.80 Å². The molecule has 2 aromatic heterocycles. The molecule has 0 saturated heterocycles. The van der Waals surface area contributed by atoms with Crippen LogP contribution in [-0.4, -0.2) is 0 Å². The van der Waals surface area contributed by atoms with E-state index in [0.717, 1.165) is 67.1 Å². The van der Waals surface area contributed by atoms with Crippen molar-refractivity contribution in [2.75, 3.05) is 9.80 Å². The van der Waals surface area contributed by atoms with Crippen molar-refractivity contribution in [1.82, 2.24) is 0 Å². The third kappa shape index (κ3) is 7.23. The number of furan rings is 2. The molecule has 0 amide bonds. The molecule has 0 fully saturated rings. The van der Waals surface area contributed by atoms with Crippen LogP contribution in [0.15, 0.2) is 275 Å². The Kier molecular flexibility index (Phi) is 11.4. The summed E-state index contributed by atoms with van der Waals surface area (Å²) in [6, 6.07) is 99.0. The number of rotatable bonds is 6.